The van der Waals surface area contributed by atoms with Crippen molar-refractivity contribution in [2.45, 2.75) is 20.4 Å². The number of azo groups is 1. The van der Waals surface area contributed by atoms with Crippen molar-refractivity contribution in [1.82, 2.24) is 4.57 Å². The predicted octanol–water partition coefficient (Wildman–Crippen LogP) is 3.21. The highest BCUT2D eigenvalue weighted by atomic mass is 79.9. The van der Waals surface area contributed by atoms with E-state index in [0.29, 0.717) is 5.69 Å². The highest BCUT2D eigenvalue weighted by molar-refractivity contribution is 9.10. The molecule has 1 heterocycles. The third-order valence-corrected chi connectivity index (χ3v) is 4.09. The van der Waals surface area contributed by atoms with Crippen molar-refractivity contribution in [3.63, 3.8) is 0 Å². The van der Waals surface area contributed by atoms with Crippen LogP contribution in [0.3, 0.4) is 0 Å². The molecule has 124 valence electrons. The zero-order valence-corrected chi connectivity index (χ0v) is 14.7. The molecule has 0 aliphatic heterocycles. The molecule has 0 atom stereocenters. The lowest BCUT2D eigenvalue weighted by Gasteiger charge is -2.11. The van der Waals surface area contributed by atoms with Crippen LogP contribution in [0.2, 0.25) is 0 Å². The van der Waals surface area contributed by atoms with Gasteiger partial charge in [0, 0.05) is 10.0 Å². The molecule has 2 rings (SSSR count). The zero-order valence-electron chi connectivity index (χ0n) is 13.1. The highest BCUT2D eigenvalue weighted by Crippen LogP contribution is 2.30. The Hall–Kier alpha value is -2.50. The summed E-state index contributed by atoms with van der Waals surface area (Å²) in [5.74, 6) is -0.482. The van der Waals surface area contributed by atoms with Gasteiger partial charge in [0.25, 0.3) is 5.56 Å². The number of aryl methyl sites for hydroxylation is 1. The highest BCUT2D eigenvalue weighted by Gasteiger charge is 2.18. The predicted molar refractivity (Wildman–Crippen MR) is 92.0 cm³/mol. The molecule has 0 bridgehead atoms. The standard InChI is InChI=1S/C16H15BrN4O3/c1-9-3-4-13(12(17)7-9)19-20-14-10(2)11(8-18)15(23)21(5-6-22)16(14)24/h3-4,7,22-23H,5-6H2,1-2H3. The number of nitrogens with zero attached hydrogens (tertiary/aromatic N) is 4. The van der Waals surface area contributed by atoms with Crippen molar-refractivity contribution < 1.29 is 10.2 Å². The molecule has 0 saturated carbocycles. The average molecular weight is 391 g/mol. The summed E-state index contributed by atoms with van der Waals surface area (Å²) in [6.45, 7) is 2.95. The normalized spacial score (nSPS) is 11.0. The number of hydrogen-bond donors (Lipinski definition) is 2. The fourth-order valence-electron chi connectivity index (χ4n) is 2.16. The van der Waals surface area contributed by atoms with Crippen LogP contribution in [0, 0.1) is 25.2 Å². The van der Waals surface area contributed by atoms with Crippen molar-refractivity contribution in [3.05, 3.63) is 49.7 Å². The average Bonchev–Trinajstić information content (AvgIpc) is 2.53. The van der Waals surface area contributed by atoms with Crippen molar-refractivity contribution >= 4 is 27.3 Å². The van der Waals surface area contributed by atoms with Crippen LogP contribution in [0.1, 0.15) is 16.7 Å². The summed E-state index contributed by atoms with van der Waals surface area (Å²) in [4.78, 5) is 12.4. The number of rotatable bonds is 4. The Labute approximate surface area is 146 Å². The third-order valence-electron chi connectivity index (χ3n) is 3.45. The smallest absolute Gasteiger partial charge is 0.281 e. The molecule has 8 heteroatoms. The van der Waals surface area contributed by atoms with Gasteiger partial charge in [-0.2, -0.15) is 5.26 Å². The summed E-state index contributed by atoms with van der Waals surface area (Å²) in [7, 11) is 0. The molecule has 0 amide bonds. The first-order chi connectivity index (χ1) is 11.4. The molecule has 0 aliphatic rings. The van der Waals surface area contributed by atoms with E-state index in [1.165, 1.54) is 6.92 Å². The number of aliphatic hydroxyl groups is 1. The van der Waals surface area contributed by atoms with Crippen molar-refractivity contribution in [3.8, 4) is 11.9 Å². The summed E-state index contributed by atoms with van der Waals surface area (Å²) < 4.78 is 1.63. The minimum Gasteiger partial charge on any atom is -0.493 e. The van der Waals surface area contributed by atoms with E-state index in [1.54, 1.807) is 6.07 Å². The number of nitriles is 1. The van der Waals surface area contributed by atoms with Crippen molar-refractivity contribution in [2.24, 2.45) is 10.2 Å². The first-order valence-corrected chi connectivity index (χ1v) is 7.85. The van der Waals surface area contributed by atoms with Gasteiger partial charge in [0.05, 0.1) is 18.8 Å². The molecular weight excluding hydrogens is 376 g/mol. The summed E-state index contributed by atoms with van der Waals surface area (Å²) in [6.07, 6.45) is 0. The molecule has 0 saturated heterocycles. The molecular formula is C16H15BrN4O3. The summed E-state index contributed by atoms with van der Waals surface area (Å²) >= 11 is 3.37. The van der Waals surface area contributed by atoms with Crippen LogP contribution in [-0.2, 0) is 6.54 Å². The maximum Gasteiger partial charge on any atom is 0.281 e. The van der Waals surface area contributed by atoms with Crippen LogP contribution in [0.25, 0.3) is 0 Å². The second-order valence-corrected chi connectivity index (χ2v) is 5.97. The van der Waals surface area contributed by atoms with Gasteiger partial charge >= 0.3 is 0 Å². The first kappa shape index (κ1) is 17.8. The molecule has 0 radical (unpaired) electrons. The Morgan fingerprint density at radius 3 is 2.62 bits per heavy atom. The Bertz CT molecular complexity index is 913. The van der Waals surface area contributed by atoms with Crippen molar-refractivity contribution in [1.29, 1.82) is 5.26 Å². The number of halogens is 1. The molecule has 0 aliphatic carbocycles. The van der Waals surface area contributed by atoms with Gasteiger partial charge in [-0.3, -0.25) is 9.36 Å². The minimum atomic E-state index is -0.620. The van der Waals surface area contributed by atoms with Crippen LogP contribution in [0.15, 0.2) is 37.7 Å². The Balaban J connectivity index is 2.62. The largest absolute Gasteiger partial charge is 0.493 e. The van der Waals surface area contributed by atoms with Gasteiger partial charge in [-0.15, -0.1) is 10.2 Å². The van der Waals surface area contributed by atoms with Gasteiger partial charge in [0.1, 0.15) is 11.6 Å². The molecule has 2 N–H and O–H groups in total. The first-order valence-electron chi connectivity index (χ1n) is 7.06. The van der Waals surface area contributed by atoms with E-state index in [4.69, 9.17) is 5.11 Å². The fraction of sp³-hybridized carbons (Fsp3) is 0.250. The van der Waals surface area contributed by atoms with Crippen LogP contribution in [0.4, 0.5) is 11.4 Å². The van der Waals surface area contributed by atoms with E-state index in [2.05, 4.69) is 26.2 Å². The second-order valence-electron chi connectivity index (χ2n) is 5.12. The number of pyridine rings is 1. The van der Waals surface area contributed by atoms with E-state index in [1.807, 2.05) is 25.1 Å². The molecule has 0 spiro atoms. The summed E-state index contributed by atoms with van der Waals surface area (Å²) in [5.41, 5.74) is 1.06. The summed E-state index contributed by atoms with van der Waals surface area (Å²) in [6, 6.07) is 7.31. The number of aromatic hydroxyl groups is 1. The lowest BCUT2D eigenvalue weighted by molar-refractivity contribution is 0.263. The second kappa shape index (κ2) is 7.38. The van der Waals surface area contributed by atoms with Crippen LogP contribution >= 0.6 is 15.9 Å². The fourth-order valence-corrected chi connectivity index (χ4v) is 2.73. The van der Waals surface area contributed by atoms with Gasteiger partial charge in [0.15, 0.2) is 5.69 Å². The number of aliphatic hydroxyl groups excluding tert-OH is 1. The molecule has 0 fully saturated rings. The number of benzene rings is 1. The van der Waals surface area contributed by atoms with Gasteiger partial charge in [-0.1, -0.05) is 6.07 Å². The third kappa shape index (κ3) is 3.37. The topological polar surface area (TPSA) is 111 Å². The summed E-state index contributed by atoms with van der Waals surface area (Å²) in [5, 5.41) is 36.3. The molecule has 7 nitrogen and oxygen atoms in total. The van der Waals surface area contributed by atoms with Crippen LogP contribution < -0.4 is 5.56 Å². The molecule has 1 aromatic carbocycles. The van der Waals surface area contributed by atoms with Crippen molar-refractivity contribution in [2.75, 3.05) is 6.61 Å². The van der Waals surface area contributed by atoms with Gasteiger partial charge in [0.2, 0.25) is 5.88 Å². The number of hydrogen-bond acceptors (Lipinski definition) is 6. The Morgan fingerprint density at radius 1 is 1.33 bits per heavy atom. The molecule has 24 heavy (non-hydrogen) atoms. The minimum absolute atomic E-state index is 0.0507. The quantitative estimate of drug-likeness (QED) is 0.780. The van der Waals surface area contributed by atoms with E-state index in [0.717, 1.165) is 14.6 Å². The lowest BCUT2D eigenvalue weighted by Crippen LogP contribution is -2.23. The van der Waals surface area contributed by atoms with E-state index in [9.17, 15) is 15.2 Å². The lowest BCUT2D eigenvalue weighted by atomic mass is 10.1. The maximum absolute atomic E-state index is 12.4. The van der Waals surface area contributed by atoms with E-state index in [-0.39, 0.29) is 30.0 Å². The SMILES string of the molecule is Cc1ccc(N=Nc2c(C)c(C#N)c(O)n(CCO)c2=O)c(Br)c1. The molecule has 0 unspecified atom stereocenters. The molecule has 2 aromatic rings. The Kier molecular flexibility index (Phi) is 5.49. The van der Waals surface area contributed by atoms with Gasteiger partial charge in [-0.25, -0.2) is 0 Å². The van der Waals surface area contributed by atoms with Gasteiger partial charge < -0.3 is 10.2 Å². The van der Waals surface area contributed by atoms with E-state index < -0.39 is 11.4 Å². The molecule has 1 aromatic heterocycles. The maximum atomic E-state index is 12.4. The van der Waals surface area contributed by atoms with Crippen LogP contribution in [0.5, 0.6) is 5.88 Å². The van der Waals surface area contributed by atoms with Crippen LogP contribution in [-0.4, -0.2) is 21.4 Å². The van der Waals surface area contributed by atoms with E-state index >= 15 is 0 Å². The number of aromatic nitrogens is 1. The zero-order chi connectivity index (χ0) is 17.9. The van der Waals surface area contributed by atoms with Gasteiger partial charge in [-0.05, 0) is 47.5 Å². The monoisotopic (exact) mass is 390 g/mol. The Morgan fingerprint density at radius 2 is 2.04 bits per heavy atom.